The molecule has 0 radical (unpaired) electrons. The predicted octanol–water partition coefficient (Wildman–Crippen LogP) is 2.91. The second kappa shape index (κ2) is 4.79. The van der Waals surface area contributed by atoms with Crippen molar-refractivity contribution < 1.29 is 4.79 Å². The van der Waals surface area contributed by atoms with Crippen LogP contribution in [0.2, 0.25) is 0 Å². The van der Waals surface area contributed by atoms with Crippen LogP contribution in [-0.4, -0.2) is 12.5 Å². The molecule has 1 saturated carbocycles. The summed E-state index contributed by atoms with van der Waals surface area (Å²) in [5.74, 6) is 1.55. The highest BCUT2D eigenvalue weighted by molar-refractivity contribution is 7.12. The average molecular weight is 223 g/mol. The summed E-state index contributed by atoms with van der Waals surface area (Å²) < 4.78 is 0. The van der Waals surface area contributed by atoms with Gasteiger partial charge >= 0.3 is 0 Å². The fourth-order valence-electron chi connectivity index (χ4n) is 2.24. The Balaban J connectivity index is 1.81. The van der Waals surface area contributed by atoms with Crippen molar-refractivity contribution in [1.82, 2.24) is 5.32 Å². The van der Waals surface area contributed by atoms with Gasteiger partial charge in [0.2, 0.25) is 0 Å². The molecular weight excluding hydrogens is 206 g/mol. The Bertz CT molecular complexity index is 320. The molecule has 82 valence electrons. The van der Waals surface area contributed by atoms with Crippen LogP contribution in [0.3, 0.4) is 0 Å². The Hall–Kier alpha value is -0.830. The van der Waals surface area contributed by atoms with E-state index in [2.05, 4.69) is 12.2 Å². The SMILES string of the molecule is CC1CCCC1CNC(=O)c1cccs1. The van der Waals surface area contributed by atoms with Gasteiger partial charge < -0.3 is 5.32 Å². The lowest BCUT2D eigenvalue weighted by molar-refractivity contribution is 0.0948. The van der Waals surface area contributed by atoms with Gasteiger partial charge in [0, 0.05) is 6.54 Å². The number of rotatable bonds is 3. The highest BCUT2D eigenvalue weighted by Gasteiger charge is 2.23. The molecule has 1 amide bonds. The number of hydrogen-bond acceptors (Lipinski definition) is 2. The predicted molar refractivity (Wildman–Crippen MR) is 63.2 cm³/mol. The lowest BCUT2D eigenvalue weighted by Gasteiger charge is -2.15. The molecule has 1 N–H and O–H groups in total. The Morgan fingerprint density at radius 1 is 1.60 bits per heavy atom. The molecule has 2 nitrogen and oxygen atoms in total. The first kappa shape index (κ1) is 10.7. The molecule has 2 unspecified atom stereocenters. The molecule has 3 heteroatoms. The quantitative estimate of drug-likeness (QED) is 0.838. The Labute approximate surface area is 94.7 Å². The summed E-state index contributed by atoms with van der Waals surface area (Å²) in [5.41, 5.74) is 0. The maximum absolute atomic E-state index is 11.7. The molecule has 1 aromatic heterocycles. The summed E-state index contributed by atoms with van der Waals surface area (Å²) in [5, 5.41) is 4.97. The molecule has 1 heterocycles. The van der Waals surface area contributed by atoms with Crippen LogP contribution < -0.4 is 5.32 Å². The molecule has 0 spiro atoms. The Morgan fingerprint density at radius 3 is 3.07 bits per heavy atom. The fourth-order valence-corrected chi connectivity index (χ4v) is 2.88. The maximum Gasteiger partial charge on any atom is 0.261 e. The lowest BCUT2D eigenvalue weighted by Crippen LogP contribution is -2.29. The number of hydrogen-bond donors (Lipinski definition) is 1. The monoisotopic (exact) mass is 223 g/mol. The molecular formula is C12H17NOS. The van der Waals surface area contributed by atoms with Gasteiger partial charge in [-0.05, 0) is 29.7 Å². The normalized spacial score (nSPS) is 25.4. The smallest absolute Gasteiger partial charge is 0.261 e. The zero-order valence-corrected chi connectivity index (χ0v) is 9.85. The number of carbonyl (C=O) groups is 1. The summed E-state index contributed by atoms with van der Waals surface area (Å²) in [6.07, 6.45) is 3.91. The molecule has 0 aromatic carbocycles. The highest BCUT2D eigenvalue weighted by Crippen LogP contribution is 2.30. The minimum absolute atomic E-state index is 0.0871. The van der Waals surface area contributed by atoms with E-state index in [0.717, 1.165) is 17.3 Å². The fraction of sp³-hybridized carbons (Fsp3) is 0.583. The summed E-state index contributed by atoms with van der Waals surface area (Å²) >= 11 is 1.50. The summed E-state index contributed by atoms with van der Waals surface area (Å²) in [4.78, 5) is 12.5. The van der Waals surface area contributed by atoms with Crippen molar-refractivity contribution in [2.75, 3.05) is 6.54 Å². The van der Waals surface area contributed by atoms with E-state index in [0.29, 0.717) is 5.92 Å². The van der Waals surface area contributed by atoms with Crippen LogP contribution in [0.25, 0.3) is 0 Å². The Kier molecular flexibility index (Phi) is 3.41. The van der Waals surface area contributed by atoms with Crippen LogP contribution >= 0.6 is 11.3 Å². The van der Waals surface area contributed by atoms with Crippen molar-refractivity contribution >= 4 is 17.2 Å². The van der Waals surface area contributed by atoms with Crippen molar-refractivity contribution in [3.8, 4) is 0 Å². The van der Waals surface area contributed by atoms with Gasteiger partial charge in [-0.25, -0.2) is 0 Å². The van der Waals surface area contributed by atoms with E-state index >= 15 is 0 Å². The van der Waals surface area contributed by atoms with Crippen molar-refractivity contribution in [3.63, 3.8) is 0 Å². The van der Waals surface area contributed by atoms with Crippen molar-refractivity contribution in [3.05, 3.63) is 22.4 Å². The van der Waals surface area contributed by atoms with Gasteiger partial charge in [-0.3, -0.25) is 4.79 Å². The third kappa shape index (κ3) is 2.59. The molecule has 15 heavy (non-hydrogen) atoms. The largest absolute Gasteiger partial charge is 0.351 e. The van der Waals surface area contributed by atoms with E-state index in [1.165, 1.54) is 30.6 Å². The molecule has 2 atom stereocenters. The summed E-state index contributed by atoms with van der Waals surface area (Å²) in [6.45, 7) is 3.13. The van der Waals surface area contributed by atoms with Crippen molar-refractivity contribution in [1.29, 1.82) is 0 Å². The van der Waals surface area contributed by atoms with Crippen LogP contribution in [0.15, 0.2) is 17.5 Å². The zero-order chi connectivity index (χ0) is 10.7. The summed E-state index contributed by atoms with van der Waals surface area (Å²) in [6, 6.07) is 3.79. The zero-order valence-electron chi connectivity index (χ0n) is 9.03. The van der Waals surface area contributed by atoms with Crippen LogP contribution in [0.1, 0.15) is 35.9 Å². The molecule has 1 aliphatic carbocycles. The first-order valence-electron chi connectivity index (χ1n) is 5.59. The van der Waals surface area contributed by atoms with E-state index in [1.54, 1.807) is 0 Å². The second-order valence-corrected chi connectivity index (χ2v) is 5.30. The van der Waals surface area contributed by atoms with Crippen molar-refractivity contribution in [2.24, 2.45) is 11.8 Å². The van der Waals surface area contributed by atoms with Gasteiger partial charge in [0.15, 0.2) is 0 Å². The molecule has 0 bridgehead atoms. The number of nitrogens with one attached hydrogen (secondary N) is 1. The van der Waals surface area contributed by atoms with E-state index in [9.17, 15) is 4.79 Å². The van der Waals surface area contributed by atoms with E-state index < -0.39 is 0 Å². The van der Waals surface area contributed by atoms with Crippen LogP contribution in [0.4, 0.5) is 0 Å². The second-order valence-electron chi connectivity index (χ2n) is 4.36. The first-order chi connectivity index (χ1) is 7.27. The molecule has 2 rings (SSSR count). The first-order valence-corrected chi connectivity index (χ1v) is 6.47. The lowest BCUT2D eigenvalue weighted by atomic mass is 9.98. The molecule has 1 fully saturated rings. The van der Waals surface area contributed by atoms with Crippen LogP contribution in [0, 0.1) is 11.8 Å². The van der Waals surface area contributed by atoms with Gasteiger partial charge in [0.1, 0.15) is 0 Å². The summed E-state index contributed by atoms with van der Waals surface area (Å²) in [7, 11) is 0. The van der Waals surface area contributed by atoms with Crippen LogP contribution in [-0.2, 0) is 0 Å². The number of carbonyl (C=O) groups excluding carboxylic acids is 1. The third-order valence-electron chi connectivity index (χ3n) is 3.31. The highest BCUT2D eigenvalue weighted by atomic mass is 32.1. The molecule has 0 saturated heterocycles. The Morgan fingerprint density at radius 2 is 2.47 bits per heavy atom. The minimum atomic E-state index is 0.0871. The van der Waals surface area contributed by atoms with Gasteiger partial charge in [0.25, 0.3) is 5.91 Å². The average Bonchev–Trinajstić information content (AvgIpc) is 2.85. The topological polar surface area (TPSA) is 29.1 Å². The standard InChI is InChI=1S/C12H17NOS/c1-9-4-2-5-10(9)8-13-12(14)11-6-3-7-15-11/h3,6-7,9-10H,2,4-5,8H2,1H3,(H,13,14). The van der Waals surface area contributed by atoms with Crippen molar-refractivity contribution in [2.45, 2.75) is 26.2 Å². The van der Waals surface area contributed by atoms with Crippen LogP contribution in [0.5, 0.6) is 0 Å². The minimum Gasteiger partial charge on any atom is -0.351 e. The molecule has 1 aromatic rings. The van der Waals surface area contributed by atoms with Gasteiger partial charge in [-0.1, -0.05) is 25.8 Å². The van der Waals surface area contributed by atoms with Gasteiger partial charge in [-0.2, -0.15) is 0 Å². The van der Waals surface area contributed by atoms with Gasteiger partial charge in [-0.15, -0.1) is 11.3 Å². The molecule has 0 aliphatic heterocycles. The number of thiophene rings is 1. The van der Waals surface area contributed by atoms with Gasteiger partial charge in [0.05, 0.1) is 4.88 Å². The molecule has 1 aliphatic rings. The third-order valence-corrected chi connectivity index (χ3v) is 4.18. The maximum atomic E-state index is 11.7. The van der Waals surface area contributed by atoms with E-state index in [-0.39, 0.29) is 5.91 Å². The van der Waals surface area contributed by atoms with E-state index in [4.69, 9.17) is 0 Å². The number of amides is 1. The van der Waals surface area contributed by atoms with E-state index in [1.807, 2.05) is 17.5 Å².